The van der Waals surface area contributed by atoms with Crippen molar-refractivity contribution in [1.82, 2.24) is 46.6 Å². The summed E-state index contributed by atoms with van der Waals surface area (Å²) in [5.74, 6) is -14.4. The maximum absolute atomic E-state index is 16.1. The number of nitrogens with two attached hydrogens (primary N) is 1. The van der Waals surface area contributed by atoms with Gasteiger partial charge in [0.15, 0.2) is 11.5 Å². The molecule has 33 nitrogen and oxygen atoms in total. The second kappa shape index (κ2) is 31.1. The predicted molar refractivity (Wildman–Crippen MR) is 364 cm³/mol. The highest BCUT2D eigenvalue weighted by Gasteiger charge is 2.48. The monoisotopic (exact) mass is 1470 g/mol. The molecule has 12 rings (SSSR count). The molecule has 0 saturated carbocycles. The van der Waals surface area contributed by atoms with Crippen molar-refractivity contribution in [2.24, 2.45) is 11.7 Å². The van der Waals surface area contributed by atoms with Crippen molar-refractivity contribution in [2.45, 2.75) is 145 Å². The number of aromatic hydroxyl groups is 3. The summed E-state index contributed by atoms with van der Waals surface area (Å²) >= 11 is 7.07. The van der Waals surface area contributed by atoms with E-state index in [1.165, 1.54) is 49.2 Å². The van der Waals surface area contributed by atoms with Crippen molar-refractivity contribution in [3.8, 4) is 57.1 Å². The number of benzene rings is 5. The molecule has 11 bridgehead atoms. The zero-order chi connectivity index (χ0) is 75.8. The number of carbonyl (C=O) groups excluding carboxylic acids is 9. The van der Waals surface area contributed by atoms with Crippen LogP contribution in [0.1, 0.15) is 111 Å². The van der Waals surface area contributed by atoms with E-state index < -0.39 is 197 Å². The lowest BCUT2D eigenvalue weighted by atomic mass is 9.89. The number of rotatable bonds is 11. The van der Waals surface area contributed by atoms with Gasteiger partial charge in [-0.05, 0) is 135 Å². The summed E-state index contributed by atoms with van der Waals surface area (Å²) in [6.07, 6.45) is -16.1. The summed E-state index contributed by atoms with van der Waals surface area (Å²) in [6, 6.07) is 0.510. The van der Waals surface area contributed by atoms with Crippen molar-refractivity contribution >= 4 is 65.0 Å². The topological polar surface area (TPSA) is 490 Å². The Balaban J connectivity index is 1.20. The number of phenolic OH excluding ortho intramolecular Hbond substituents is 3. The Morgan fingerprint density at radius 2 is 1.32 bits per heavy atom. The van der Waals surface area contributed by atoms with Crippen LogP contribution < -0.4 is 51.8 Å². The van der Waals surface area contributed by atoms with Gasteiger partial charge in [0.2, 0.25) is 59.3 Å². The Hall–Kier alpha value is -10.1. The average Bonchev–Trinajstić information content (AvgIpc) is 0.766. The molecule has 5 aromatic carbocycles. The molecule has 0 spiro atoms. The van der Waals surface area contributed by atoms with Crippen LogP contribution in [-0.2, 0) is 47.8 Å². The fraction of sp³-hybridized carbons (Fsp3) is 0.443. The highest BCUT2D eigenvalue weighted by molar-refractivity contribution is 6.32. The number of aliphatic hydroxyl groups is 6. The average molecular weight is 1470 g/mol. The number of carbonyl (C=O) groups is 9. The summed E-state index contributed by atoms with van der Waals surface area (Å²) in [4.78, 5) is 138. The van der Waals surface area contributed by atoms with E-state index in [9.17, 15) is 60.3 Å². The Kier molecular flexibility index (Phi) is 22.9. The Morgan fingerprint density at radius 1 is 0.702 bits per heavy atom. The van der Waals surface area contributed by atoms with E-state index in [-0.39, 0.29) is 80.9 Å². The summed E-state index contributed by atoms with van der Waals surface area (Å²) in [6.45, 7) is 9.83. The van der Waals surface area contributed by atoms with E-state index in [1.54, 1.807) is 34.6 Å². The molecule has 0 aromatic heterocycles. The molecule has 17 N–H and O–H groups in total. The highest BCUT2D eigenvalue weighted by atomic mass is 35.5. The van der Waals surface area contributed by atoms with E-state index in [1.807, 2.05) is 11.9 Å². The lowest BCUT2D eigenvalue weighted by molar-refractivity contribution is -0.277. The lowest BCUT2D eigenvalue weighted by Crippen LogP contribution is -2.60. The van der Waals surface area contributed by atoms with Crippen molar-refractivity contribution in [3.05, 3.63) is 117 Å². The number of amides is 9. The van der Waals surface area contributed by atoms with Gasteiger partial charge < -0.3 is 117 Å². The Morgan fingerprint density at radius 3 is 1.94 bits per heavy atom. The summed E-state index contributed by atoms with van der Waals surface area (Å²) in [5, 5.41) is 118. The molecule has 14 atom stereocenters. The van der Waals surface area contributed by atoms with Crippen molar-refractivity contribution in [1.29, 1.82) is 0 Å². The number of hydrogen-bond acceptors (Lipinski definition) is 24. The van der Waals surface area contributed by atoms with E-state index in [0.29, 0.717) is 13.1 Å². The molecule has 2 saturated heterocycles. The maximum atomic E-state index is 16.1. The van der Waals surface area contributed by atoms with Gasteiger partial charge >= 0.3 is 6.09 Å². The van der Waals surface area contributed by atoms with Gasteiger partial charge in [0.1, 0.15) is 113 Å². The van der Waals surface area contributed by atoms with Gasteiger partial charge in [0.25, 0.3) is 0 Å². The van der Waals surface area contributed by atoms with E-state index >= 15 is 28.8 Å². The minimum absolute atomic E-state index is 0.0289. The molecule has 0 aliphatic carbocycles. The number of piperazine rings is 1. The number of aryl methyl sites for hydroxylation is 1. The zero-order valence-corrected chi connectivity index (χ0v) is 58.4. The quantitative estimate of drug-likeness (QED) is 0.0872. The molecule has 7 heterocycles. The number of primary amides is 1. The van der Waals surface area contributed by atoms with Crippen LogP contribution in [0.25, 0.3) is 11.1 Å². The van der Waals surface area contributed by atoms with Crippen LogP contribution in [0.15, 0.2) is 78.9 Å². The third-order valence-corrected chi connectivity index (χ3v) is 18.5. The number of likely N-dealkylation sites (N-methyl/N-ethyl adjacent to an activating group) is 2. The normalized spacial score (nSPS) is 25.6. The lowest BCUT2D eigenvalue weighted by Gasteiger charge is -2.39. The fourth-order valence-electron chi connectivity index (χ4n) is 12.6. The number of hydrogen-bond donors (Lipinski definition) is 16. The number of nitrogens with zero attached hydrogens (tertiary/aromatic N) is 3. The standard InChI is InChI=1S/C70H83ClN10O23/c1-29(2)19-40(80(8)69(99)104-70(4,5)6)62(93)77-53-55(87)32-10-13-43(30(3)20-32)100-45-23-34-24-46(60(45)103-68-59(91)58(90)57(89)47(28-82)102-68)101-44-14-11-33(22-38(44)71)56(88)54-66(97)76-52(67(98)81-17-15-79(7)16-18-81)37-25-35(83)26-42(85)49(37)36-21-31(9-12-41(36)84)50(63(94)78-54)75-64(95)51(34)74-61(92)39(27-48(72)86)73-65(53)96/h9-14,20-26,29,39-40,47,50-59,68,82-85,87-91H,15-19,27-28H2,1-8H3,(H2,72,86)(H,73,96)(H,74,92)(H,75,95)(H,76,97)(H,77,93)(H,78,94)/t39-,40+,47+,50+,51+,52-,53+,54-,55+,56+,57+,58-,59+,68-/m0/s1. The number of phenols is 3. The Bertz CT molecular complexity index is 4180. The van der Waals surface area contributed by atoms with Gasteiger partial charge in [-0.1, -0.05) is 43.6 Å². The molecule has 5 aromatic rings. The predicted octanol–water partition coefficient (Wildman–Crippen LogP) is 0.861. The van der Waals surface area contributed by atoms with Crippen molar-refractivity contribution in [3.63, 3.8) is 0 Å². The first-order chi connectivity index (χ1) is 49.0. The highest BCUT2D eigenvalue weighted by Crippen LogP contribution is 2.49. The van der Waals surface area contributed by atoms with Gasteiger partial charge in [-0.3, -0.25) is 43.3 Å². The summed E-state index contributed by atoms with van der Waals surface area (Å²) < 4.78 is 30.9. The van der Waals surface area contributed by atoms with Gasteiger partial charge in [-0.25, -0.2) is 4.79 Å². The summed E-state index contributed by atoms with van der Waals surface area (Å²) in [7, 11) is 3.11. The molecule has 2 fully saturated rings. The maximum Gasteiger partial charge on any atom is 0.410 e. The van der Waals surface area contributed by atoms with E-state index in [0.717, 1.165) is 53.4 Å². The smallest absolute Gasteiger partial charge is 0.410 e. The van der Waals surface area contributed by atoms with Crippen LogP contribution in [0, 0.1) is 12.8 Å². The number of aliphatic hydroxyl groups excluding tert-OH is 6. The molecule has 0 unspecified atom stereocenters. The number of fused-ring (bicyclic) bond motifs is 15. The molecular weight excluding hydrogens is 1380 g/mol. The van der Waals surface area contributed by atoms with Gasteiger partial charge in [-0.2, -0.15) is 0 Å². The Labute approximate surface area is 600 Å². The molecule has 104 heavy (non-hydrogen) atoms. The number of halogens is 1. The first kappa shape index (κ1) is 76.5. The first-order valence-electron chi connectivity index (χ1n) is 33.2. The summed E-state index contributed by atoms with van der Waals surface area (Å²) in [5.41, 5.74) is 2.84. The molecule has 34 heteroatoms. The van der Waals surface area contributed by atoms with Crippen molar-refractivity contribution in [2.75, 3.05) is 46.9 Å². The van der Waals surface area contributed by atoms with Crippen LogP contribution >= 0.6 is 11.6 Å². The fourth-order valence-corrected chi connectivity index (χ4v) is 12.9. The molecule has 558 valence electrons. The molecule has 7 aliphatic heterocycles. The third-order valence-electron chi connectivity index (χ3n) is 18.2. The second-order valence-electron chi connectivity index (χ2n) is 27.6. The number of nitrogens with one attached hydrogen (secondary N) is 6. The zero-order valence-electron chi connectivity index (χ0n) is 57.7. The van der Waals surface area contributed by atoms with Crippen LogP contribution in [-0.4, -0.2) is 221 Å². The van der Waals surface area contributed by atoms with Crippen LogP contribution in [0.3, 0.4) is 0 Å². The molecule has 9 amide bonds. The van der Waals surface area contributed by atoms with Crippen LogP contribution in [0.4, 0.5) is 4.79 Å². The largest absolute Gasteiger partial charge is 0.508 e. The van der Waals surface area contributed by atoms with E-state index in [4.69, 9.17) is 41.0 Å². The van der Waals surface area contributed by atoms with E-state index in [2.05, 4.69) is 31.9 Å². The van der Waals surface area contributed by atoms with Gasteiger partial charge in [0, 0.05) is 50.4 Å². The molecular formula is C70H83ClN10O23. The SMILES string of the molecule is Cc1cc2ccc1Oc1cc3cc(c1O[C@@H]1O[C@H](CO)[C@@H](O)[C@H](O)[C@H]1O)Oc1ccc(cc1Cl)[C@@H](O)[C@@H]1NC(=O)[C@H](NC(=O)[C@@H]3NC(=O)[C@H](CC(N)=O)NC(=O)[C@H](NC(=O)[C@@H](CC(C)C)N(C)C(=O)OC(C)(C)C)[C@@H]2O)c2ccc(O)c(c2)-c2c(O)cc(O)cc2[C@@H](C(=O)N2CCN(C)CC2)NC1=O. The third kappa shape index (κ3) is 16.6. The minimum atomic E-state index is -2.31. The number of ether oxygens (including phenoxy) is 5. The first-order valence-corrected chi connectivity index (χ1v) is 33.6. The second-order valence-corrected chi connectivity index (χ2v) is 28.0. The molecule has 7 aliphatic rings. The van der Waals surface area contributed by atoms with Crippen LogP contribution in [0.5, 0.6) is 46.0 Å². The molecule has 0 radical (unpaired) electrons. The minimum Gasteiger partial charge on any atom is -0.508 e. The van der Waals surface area contributed by atoms with Gasteiger partial charge in [0.05, 0.1) is 18.1 Å². The van der Waals surface area contributed by atoms with Gasteiger partial charge in [-0.15, -0.1) is 0 Å². The van der Waals surface area contributed by atoms with Crippen LogP contribution in [0.2, 0.25) is 5.02 Å². The van der Waals surface area contributed by atoms with Crippen molar-refractivity contribution < 1.29 is 113 Å².